The lowest BCUT2D eigenvalue weighted by atomic mass is 10.0. The number of ether oxygens (including phenoxy) is 5. The summed E-state index contributed by atoms with van der Waals surface area (Å²) in [6.45, 7) is 0.378. The fourth-order valence-corrected chi connectivity index (χ4v) is 10.9. The summed E-state index contributed by atoms with van der Waals surface area (Å²) in [5, 5.41) is 23.9. The molecular formula is C28H40N2O15Si2. The molecule has 2 heterocycles. The number of hydrogen-bond donors (Lipinski definition) is 0. The van der Waals surface area contributed by atoms with E-state index in [9.17, 15) is 20.2 Å². The van der Waals surface area contributed by atoms with Crippen LogP contribution < -0.4 is 18.9 Å². The van der Waals surface area contributed by atoms with Crippen molar-refractivity contribution in [2.24, 2.45) is 0 Å². The van der Waals surface area contributed by atoms with E-state index in [1.807, 2.05) is 0 Å². The molecular weight excluding hydrogens is 660 g/mol. The van der Waals surface area contributed by atoms with Gasteiger partial charge in [0.1, 0.15) is 0 Å². The van der Waals surface area contributed by atoms with Gasteiger partial charge in [-0.15, -0.1) is 0 Å². The van der Waals surface area contributed by atoms with Crippen molar-refractivity contribution in [2.75, 3.05) is 69.5 Å². The Morgan fingerprint density at radius 3 is 1.23 bits per heavy atom. The molecule has 0 N–H and O–H groups in total. The highest BCUT2D eigenvalue weighted by atomic mass is 28.4. The van der Waals surface area contributed by atoms with Gasteiger partial charge >= 0.3 is 17.6 Å². The summed E-state index contributed by atoms with van der Waals surface area (Å²) in [5.41, 5.74) is -0.279. The van der Waals surface area contributed by atoms with Crippen LogP contribution in [0.25, 0.3) is 0 Å². The second-order valence-corrected chi connectivity index (χ2v) is 17.1. The zero-order chi connectivity index (χ0) is 34.2. The Labute approximate surface area is 273 Å². The fraction of sp³-hybridized carbons (Fsp3) is 0.571. The highest BCUT2D eigenvalue weighted by Crippen LogP contribution is 2.43. The number of nitro groups is 2. The van der Waals surface area contributed by atoms with E-state index >= 15 is 0 Å². The Hall–Kier alpha value is -3.41. The van der Waals surface area contributed by atoms with E-state index in [4.69, 9.17) is 50.2 Å². The van der Waals surface area contributed by atoms with Gasteiger partial charge in [0.2, 0.25) is 13.6 Å². The number of nitrogens with zero attached hydrogens (tertiary/aromatic N) is 2. The van der Waals surface area contributed by atoms with E-state index in [1.165, 1.54) is 54.8 Å². The van der Waals surface area contributed by atoms with Crippen molar-refractivity contribution < 1.29 is 60.1 Å². The van der Waals surface area contributed by atoms with E-state index in [2.05, 4.69) is 0 Å². The van der Waals surface area contributed by atoms with Gasteiger partial charge in [-0.3, -0.25) is 20.2 Å². The predicted molar refractivity (Wildman–Crippen MR) is 167 cm³/mol. The zero-order valence-electron chi connectivity index (χ0n) is 27.1. The van der Waals surface area contributed by atoms with Crippen molar-refractivity contribution in [1.82, 2.24) is 0 Å². The molecule has 2 aliphatic rings. The van der Waals surface area contributed by atoms with Crippen LogP contribution in [0.15, 0.2) is 24.3 Å². The topological polar surface area (TPSA) is 188 Å². The number of fused-ring (bicyclic) bond motifs is 2. The van der Waals surface area contributed by atoms with Gasteiger partial charge in [-0.1, -0.05) is 0 Å². The third kappa shape index (κ3) is 7.84. The molecule has 2 aliphatic heterocycles. The molecule has 2 aromatic carbocycles. The monoisotopic (exact) mass is 700 g/mol. The Bertz CT molecular complexity index is 1290. The molecule has 0 aromatic heterocycles. The van der Waals surface area contributed by atoms with E-state index in [1.54, 1.807) is 12.1 Å². The minimum Gasteiger partial charge on any atom is -0.454 e. The van der Waals surface area contributed by atoms with Crippen LogP contribution in [0.1, 0.15) is 24.0 Å². The van der Waals surface area contributed by atoms with Crippen LogP contribution in [-0.4, -0.2) is 96.9 Å². The first-order valence-corrected chi connectivity index (χ1v) is 18.2. The molecule has 0 bridgehead atoms. The Kier molecular flexibility index (Phi) is 12.5. The molecule has 0 fully saturated rings. The zero-order valence-corrected chi connectivity index (χ0v) is 29.1. The molecule has 19 heteroatoms. The molecule has 260 valence electrons. The third-order valence-electron chi connectivity index (χ3n) is 8.40. The van der Waals surface area contributed by atoms with Gasteiger partial charge in [0.15, 0.2) is 23.0 Å². The smallest absolute Gasteiger partial charge is 0.454 e. The Balaban J connectivity index is 1.50. The Morgan fingerprint density at radius 1 is 0.617 bits per heavy atom. The summed E-state index contributed by atoms with van der Waals surface area (Å²) < 4.78 is 62.3. The SMILES string of the molecule is CO[Si](OC)(OC)C(CCOCCC(Cc1cc2c(cc1[N+](=O)[O-])OCO2)[Si](OC)(OC)OC)Cc1cc2c(cc1[N+](=O)[O-])OCO2. The fourth-order valence-electron chi connectivity index (χ4n) is 6.01. The van der Waals surface area contributed by atoms with Gasteiger partial charge in [-0.25, -0.2) is 0 Å². The maximum Gasteiger partial charge on any atom is 0.503 e. The van der Waals surface area contributed by atoms with Gasteiger partial charge < -0.3 is 50.2 Å². The van der Waals surface area contributed by atoms with Crippen molar-refractivity contribution in [3.05, 3.63) is 55.6 Å². The minimum atomic E-state index is -3.33. The molecule has 2 aromatic rings. The van der Waals surface area contributed by atoms with Gasteiger partial charge in [0.25, 0.3) is 11.4 Å². The second kappa shape index (κ2) is 16.1. The number of nitro benzene ring substituents is 2. The van der Waals surface area contributed by atoms with Crippen LogP contribution in [0.4, 0.5) is 11.4 Å². The van der Waals surface area contributed by atoms with Crippen molar-refractivity contribution >= 4 is 29.0 Å². The van der Waals surface area contributed by atoms with Crippen LogP contribution >= 0.6 is 0 Å². The molecule has 0 saturated carbocycles. The van der Waals surface area contributed by atoms with Crippen molar-refractivity contribution in [3.63, 3.8) is 0 Å². The largest absolute Gasteiger partial charge is 0.503 e. The first kappa shape index (κ1) is 36.4. The van der Waals surface area contributed by atoms with E-state index < -0.39 is 38.5 Å². The van der Waals surface area contributed by atoms with Crippen LogP contribution in [0.2, 0.25) is 11.1 Å². The van der Waals surface area contributed by atoms with Gasteiger partial charge in [-0.05, 0) is 37.8 Å². The van der Waals surface area contributed by atoms with Gasteiger partial charge in [-0.2, -0.15) is 0 Å². The minimum absolute atomic E-state index is 0.0253. The lowest BCUT2D eigenvalue weighted by Crippen LogP contribution is -2.49. The van der Waals surface area contributed by atoms with Crippen molar-refractivity contribution in [1.29, 1.82) is 0 Å². The Morgan fingerprint density at radius 2 is 0.936 bits per heavy atom. The molecule has 47 heavy (non-hydrogen) atoms. The van der Waals surface area contributed by atoms with E-state index in [-0.39, 0.29) is 51.0 Å². The van der Waals surface area contributed by atoms with Crippen LogP contribution in [0, 0.1) is 20.2 Å². The summed E-state index contributed by atoms with van der Waals surface area (Å²) >= 11 is 0. The molecule has 2 atom stereocenters. The summed E-state index contributed by atoms with van der Waals surface area (Å²) in [5.74, 6) is 1.43. The molecule has 4 rings (SSSR count). The molecule has 0 amide bonds. The lowest BCUT2D eigenvalue weighted by molar-refractivity contribution is -0.385. The average Bonchev–Trinajstić information content (AvgIpc) is 3.74. The first-order chi connectivity index (χ1) is 22.6. The summed E-state index contributed by atoms with van der Waals surface area (Å²) in [6.07, 6.45) is 1.10. The molecule has 0 aliphatic carbocycles. The van der Waals surface area contributed by atoms with Gasteiger partial charge in [0.05, 0.1) is 22.0 Å². The summed E-state index contributed by atoms with van der Waals surface area (Å²) in [6, 6.07) is 5.89. The van der Waals surface area contributed by atoms with Crippen molar-refractivity contribution in [3.8, 4) is 23.0 Å². The highest BCUT2D eigenvalue weighted by Gasteiger charge is 2.49. The number of hydrogen-bond acceptors (Lipinski definition) is 15. The molecule has 17 nitrogen and oxygen atoms in total. The number of benzene rings is 2. The van der Waals surface area contributed by atoms with E-state index in [0.717, 1.165) is 0 Å². The first-order valence-electron chi connectivity index (χ1n) is 14.6. The maximum atomic E-state index is 11.9. The lowest BCUT2D eigenvalue weighted by Gasteiger charge is -2.33. The second-order valence-electron chi connectivity index (χ2n) is 10.6. The molecule has 2 unspecified atom stereocenters. The predicted octanol–water partition coefficient (Wildman–Crippen LogP) is 4.04. The van der Waals surface area contributed by atoms with Gasteiger partial charge in [0, 0.05) is 78.1 Å². The number of rotatable bonds is 20. The molecule has 0 saturated heterocycles. The van der Waals surface area contributed by atoms with Crippen molar-refractivity contribution in [2.45, 2.75) is 36.8 Å². The molecule has 0 spiro atoms. The average molecular weight is 701 g/mol. The normalized spacial score (nSPS) is 15.1. The standard InChI is InChI=1S/C28H40N2O15Si2/c1-35-46(36-2,37-3)21(11-19-13-25-27(44-17-42-25)15-23(19)29(31)32)7-9-41-10-8-22(47(38-4,39-5)40-6)12-20-14-26-28(45-18-43-26)16-24(20)30(33)34/h13-16,21-22H,7-12,17-18H2,1-6H3. The maximum absolute atomic E-state index is 11.9. The highest BCUT2D eigenvalue weighted by molar-refractivity contribution is 6.62. The van der Waals surface area contributed by atoms with E-state index in [0.29, 0.717) is 47.0 Å². The summed E-state index contributed by atoms with van der Waals surface area (Å²) in [7, 11) is 2.20. The van der Waals surface area contributed by atoms with Crippen LogP contribution in [-0.2, 0) is 44.1 Å². The van der Waals surface area contributed by atoms with Crippen LogP contribution in [0.5, 0.6) is 23.0 Å². The third-order valence-corrected chi connectivity index (χ3v) is 14.8. The van der Waals surface area contributed by atoms with Crippen LogP contribution in [0.3, 0.4) is 0 Å². The summed E-state index contributed by atoms with van der Waals surface area (Å²) in [4.78, 5) is 23.0. The molecule has 0 radical (unpaired) electrons. The quantitative estimate of drug-likeness (QED) is 0.0832.